The van der Waals surface area contributed by atoms with Crippen LogP contribution in [0.2, 0.25) is 0 Å². The van der Waals surface area contributed by atoms with E-state index in [0.717, 1.165) is 32.1 Å². The Morgan fingerprint density at radius 1 is 1.38 bits per heavy atom. The summed E-state index contributed by atoms with van der Waals surface area (Å²) in [6.07, 6.45) is 4.33. The molecule has 0 aromatic carbocycles. The summed E-state index contributed by atoms with van der Waals surface area (Å²) in [5, 5.41) is 18.7. The first-order valence-electron chi connectivity index (χ1n) is 5.20. The van der Waals surface area contributed by atoms with Crippen LogP contribution >= 0.6 is 0 Å². The third-order valence-corrected chi connectivity index (χ3v) is 2.81. The predicted octanol–water partition coefficient (Wildman–Crippen LogP) is 2.87. The zero-order chi connectivity index (χ0) is 10.3. The van der Waals surface area contributed by atoms with Gasteiger partial charge in [-0.1, -0.05) is 33.1 Å². The predicted molar refractivity (Wildman–Crippen MR) is 54.2 cm³/mol. The summed E-state index contributed by atoms with van der Waals surface area (Å²) in [6, 6.07) is 2.20. The number of unbranched alkanes of at least 4 members (excludes halogenated alkanes) is 2. The maximum atomic E-state index is 9.77. The molecule has 76 valence electrons. The van der Waals surface area contributed by atoms with E-state index in [0.29, 0.717) is 0 Å². The van der Waals surface area contributed by atoms with Gasteiger partial charge in [0, 0.05) is 0 Å². The van der Waals surface area contributed by atoms with Crippen LogP contribution in [0.3, 0.4) is 0 Å². The third-order valence-electron chi connectivity index (χ3n) is 2.81. The molecule has 0 aliphatic heterocycles. The summed E-state index contributed by atoms with van der Waals surface area (Å²) in [4.78, 5) is 0. The highest BCUT2D eigenvalue weighted by Crippen LogP contribution is 2.27. The van der Waals surface area contributed by atoms with Gasteiger partial charge in [-0.2, -0.15) is 5.26 Å². The number of nitrogens with zero attached hydrogens (tertiary/aromatic N) is 1. The Kier molecular flexibility index (Phi) is 5.73. The molecule has 0 amide bonds. The molecule has 0 fully saturated rings. The van der Waals surface area contributed by atoms with Crippen LogP contribution in [0.1, 0.15) is 52.9 Å². The Labute approximate surface area is 81.6 Å². The minimum Gasteiger partial charge on any atom is -0.391 e. The molecule has 0 radical (unpaired) electrons. The monoisotopic (exact) mass is 183 g/mol. The van der Waals surface area contributed by atoms with Crippen molar-refractivity contribution < 1.29 is 5.11 Å². The molecule has 0 rings (SSSR count). The van der Waals surface area contributed by atoms with Crippen molar-refractivity contribution in [2.24, 2.45) is 5.41 Å². The molecule has 2 unspecified atom stereocenters. The lowest BCUT2D eigenvalue weighted by atomic mass is 9.81. The van der Waals surface area contributed by atoms with Gasteiger partial charge in [-0.15, -0.1) is 0 Å². The fraction of sp³-hybridized carbons (Fsp3) is 0.909. The first-order chi connectivity index (χ1) is 6.10. The van der Waals surface area contributed by atoms with E-state index in [1.165, 1.54) is 0 Å². The van der Waals surface area contributed by atoms with Gasteiger partial charge in [0.05, 0.1) is 17.6 Å². The highest BCUT2D eigenvalue weighted by molar-refractivity contribution is 4.99. The molecule has 13 heavy (non-hydrogen) atoms. The van der Waals surface area contributed by atoms with E-state index >= 15 is 0 Å². The summed E-state index contributed by atoms with van der Waals surface area (Å²) in [5.41, 5.74) is -0.548. The smallest absolute Gasteiger partial charge is 0.0801 e. The summed E-state index contributed by atoms with van der Waals surface area (Å²) in [6.45, 7) is 5.92. The Balaban J connectivity index is 3.94. The Bertz CT molecular complexity index is 173. The highest BCUT2D eigenvalue weighted by atomic mass is 16.3. The maximum absolute atomic E-state index is 9.77. The van der Waals surface area contributed by atoms with Crippen LogP contribution in [0.15, 0.2) is 0 Å². The molecule has 2 atom stereocenters. The van der Waals surface area contributed by atoms with Crippen molar-refractivity contribution >= 4 is 0 Å². The normalized spacial score (nSPS) is 17.5. The second kappa shape index (κ2) is 5.99. The number of hydrogen-bond acceptors (Lipinski definition) is 2. The lowest BCUT2D eigenvalue weighted by Gasteiger charge is -2.25. The van der Waals surface area contributed by atoms with Gasteiger partial charge < -0.3 is 5.11 Å². The van der Waals surface area contributed by atoms with Crippen molar-refractivity contribution in [3.63, 3.8) is 0 Å². The molecule has 2 nitrogen and oxygen atoms in total. The van der Waals surface area contributed by atoms with Gasteiger partial charge in [0.15, 0.2) is 0 Å². The Morgan fingerprint density at radius 2 is 2.00 bits per heavy atom. The first-order valence-corrected chi connectivity index (χ1v) is 5.20. The minimum atomic E-state index is -0.548. The number of rotatable bonds is 6. The molecule has 0 bridgehead atoms. The molecule has 0 aliphatic carbocycles. The van der Waals surface area contributed by atoms with Crippen molar-refractivity contribution in [1.82, 2.24) is 0 Å². The van der Waals surface area contributed by atoms with Gasteiger partial charge in [0.25, 0.3) is 0 Å². The largest absolute Gasteiger partial charge is 0.391 e. The quantitative estimate of drug-likeness (QED) is 0.643. The fourth-order valence-corrected chi connectivity index (χ4v) is 1.30. The average molecular weight is 183 g/mol. The molecule has 0 aromatic heterocycles. The zero-order valence-corrected chi connectivity index (χ0v) is 9.01. The van der Waals surface area contributed by atoms with E-state index in [4.69, 9.17) is 5.26 Å². The SMILES string of the molecule is CCCCCC(O)C(C)(C#N)CC. The molecule has 0 spiro atoms. The van der Waals surface area contributed by atoms with Crippen molar-refractivity contribution in [3.8, 4) is 6.07 Å². The molecule has 0 saturated carbocycles. The van der Waals surface area contributed by atoms with E-state index in [1.54, 1.807) is 0 Å². The van der Waals surface area contributed by atoms with E-state index < -0.39 is 11.5 Å². The van der Waals surface area contributed by atoms with Crippen LogP contribution < -0.4 is 0 Å². The second-order valence-electron chi connectivity index (χ2n) is 3.89. The lowest BCUT2D eigenvalue weighted by molar-refractivity contribution is 0.0625. The minimum absolute atomic E-state index is 0.464. The molecular weight excluding hydrogens is 162 g/mol. The second-order valence-corrected chi connectivity index (χ2v) is 3.89. The van der Waals surface area contributed by atoms with Crippen LogP contribution in [-0.2, 0) is 0 Å². The highest BCUT2D eigenvalue weighted by Gasteiger charge is 2.30. The molecular formula is C11H21NO. The standard InChI is InChI=1S/C11H21NO/c1-4-6-7-8-10(13)11(3,5-2)9-12/h10,13H,4-8H2,1-3H3. The van der Waals surface area contributed by atoms with Crippen LogP contribution in [0, 0.1) is 16.7 Å². The maximum Gasteiger partial charge on any atom is 0.0801 e. The van der Waals surface area contributed by atoms with E-state index in [9.17, 15) is 5.11 Å². The average Bonchev–Trinajstić information content (AvgIpc) is 2.17. The van der Waals surface area contributed by atoms with Gasteiger partial charge >= 0.3 is 0 Å². The fourth-order valence-electron chi connectivity index (χ4n) is 1.30. The Hall–Kier alpha value is -0.550. The van der Waals surface area contributed by atoms with Gasteiger partial charge in [0.2, 0.25) is 0 Å². The summed E-state index contributed by atoms with van der Waals surface area (Å²) >= 11 is 0. The molecule has 0 aromatic rings. The van der Waals surface area contributed by atoms with Crippen LogP contribution in [0.4, 0.5) is 0 Å². The van der Waals surface area contributed by atoms with Crippen LogP contribution in [0.5, 0.6) is 0 Å². The number of aliphatic hydroxyl groups excluding tert-OH is 1. The van der Waals surface area contributed by atoms with Crippen LogP contribution in [0.25, 0.3) is 0 Å². The molecule has 2 heteroatoms. The van der Waals surface area contributed by atoms with E-state index in [-0.39, 0.29) is 0 Å². The van der Waals surface area contributed by atoms with Gasteiger partial charge in [-0.25, -0.2) is 0 Å². The van der Waals surface area contributed by atoms with Crippen molar-refractivity contribution in [3.05, 3.63) is 0 Å². The summed E-state index contributed by atoms with van der Waals surface area (Å²) in [7, 11) is 0. The summed E-state index contributed by atoms with van der Waals surface area (Å²) < 4.78 is 0. The van der Waals surface area contributed by atoms with Crippen molar-refractivity contribution in [2.75, 3.05) is 0 Å². The van der Waals surface area contributed by atoms with Gasteiger partial charge in [-0.05, 0) is 19.8 Å². The van der Waals surface area contributed by atoms with E-state index in [2.05, 4.69) is 13.0 Å². The summed E-state index contributed by atoms with van der Waals surface area (Å²) in [5.74, 6) is 0. The van der Waals surface area contributed by atoms with Gasteiger partial charge in [0.1, 0.15) is 0 Å². The van der Waals surface area contributed by atoms with Crippen molar-refractivity contribution in [1.29, 1.82) is 5.26 Å². The van der Waals surface area contributed by atoms with E-state index in [1.807, 2.05) is 13.8 Å². The van der Waals surface area contributed by atoms with Crippen molar-refractivity contribution in [2.45, 2.75) is 59.0 Å². The van der Waals surface area contributed by atoms with Crippen LogP contribution in [-0.4, -0.2) is 11.2 Å². The number of aliphatic hydroxyl groups is 1. The topological polar surface area (TPSA) is 44.0 Å². The molecule has 0 heterocycles. The third kappa shape index (κ3) is 3.78. The Morgan fingerprint density at radius 3 is 2.38 bits per heavy atom. The first kappa shape index (κ1) is 12.4. The number of nitriles is 1. The van der Waals surface area contributed by atoms with Gasteiger partial charge in [-0.3, -0.25) is 0 Å². The zero-order valence-electron chi connectivity index (χ0n) is 9.01. The number of hydrogen-bond donors (Lipinski definition) is 1. The molecule has 1 N–H and O–H groups in total. The molecule has 0 aliphatic rings. The lowest BCUT2D eigenvalue weighted by Crippen LogP contribution is -2.30. The molecule has 0 saturated heterocycles.